The average Bonchev–Trinajstić information content (AvgIpc) is 2.66. The van der Waals surface area contributed by atoms with Gasteiger partial charge in [-0.05, 0) is 24.0 Å². The Morgan fingerprint density at radius 2 is 1.95 bits per heavy atom. The van der Waals surface area contributed by atoms with Gasteiger partial charge in [0, 0.05) is 19.1 Å². The van der Waals surface area contributed by atoms with Crippen molar-refractivity contribution in [2.24, 2.45) is 0 Å². The van der Waals surface area contributed by atoms with Crippen LogP contribution < -0.4 is 0 Å². The highest BCUT2D eigenvalue weighted by atomic mass is 28.3. The summed E-state index contributed by atoms with van der Waals surface area (Å²) in [7, 11) is 1.15. The van der Waals surface area contributed by atoms with Gasteiger partial charge in [-0.3, -0.25) is 9.69 Å². The van der Waals surface area contributed by atoms with Crippen molar-refractivity contribution in [3.8, 4) is 0 Å². The van der Waals surface area contributed by atoms with Gasteiger partial charge in [0.1, 0.15) is 0 Å². The van der Waals surface area contributed by atoms with Crippen molar-refractivity contribution >= 4 is 14.9 Å². The monoisotopic (exact) mass is 297 g/mol. The van der Waals surface area contributed by atoms with Gasteiger partial charge in [-0.25, -0.2) is 0 Å². The van der Waals surface area contributed by atoms with Crippen LogP contribution in [0.3, 0.4) is 0 Å². The van der Waals surface area contributed by atoms with E-state index in [0.29, 0.717) is 18.1 Å². The zero-order valence-electron chi connectivity index (χ0n) is 13.8. The molecule has 0 bridgehead atoms. The summed E-state index contributed by atoms with van der Waals surface area (Å²) in [6.45, 7) is 13.7. The van der Waals surface area contributed by atoms with Crippen LogP contribution in [0.1, 0.15) is 41.0 Å². The van der Waals surface area contributed by atoms with Crippen LogP contribution in [0.4, 0.5) is 0 Å². The molecule has 0 aliphatic carbocycles. The van der Waals surface area contributed by atoms with E-state index in [1.807, 2.05) is 11.9 Å². The van der Waals surface area contributed by atoms with Crippen LogP contribution >= 0.6 is 0 Å². The van der Waals surface area contributed by atoms with Gasteiger partial charge in [-0.15, -0.1) is 0 Å². The molecule has 0 saturated carbocycles. The molecule has 2 rings (SSSR count). The third kappa shape index (κ3) is 3.43. The molecule has 5 heteroatoms. The van der Waals surface area contributed by atoms with E-state index in [4.69, 9.17) is 4.43 Å². The molecule has 1 amide bonds. The maximum atomic E-state index is 12.1. The third-order valence-electron chi connectivity index (χ3n) is 4.18. The van der Waals surface area contributed by atoms with Crippen LogP contribution in [0.15, 0.2) is 0 Å². The molecule has 0 unspecified atom stereocenters. The van der Waals surface area contributed by atoms with Crippen molar-refractivity contribution in [1.82, 2.24) is 9.80 Å². The van der Waals surface area contributed by atoms with Crippen molar-refractivity contribution in [3.63, 3.8) is 0 Å². The molecular formula is C15H29N2O2Si. The molecule has 0 spiro atoms. The molecule has 0 aromatic heterocycles. The largest absolute Gasteiger partial charge is 0.411 e. The van der Waals surface area contributed by atoms with Gasteiger partial charge in [-0.2, -0.15) is 0 Å². The number of nitrogens with zero attached hydrogens (tertiary/aromatic N) is 2. The number of hydrogen-bond donors (Lipinski definition) is 0. The quantitative estimate of drug-likeness (QED) is 0.748. The van der Waals surface area contributed by atoms with Gasteiger partial charge < -0.3 is 9.33 Å². The number of fused-ring (bicyclic) bond motifs is 1. The summed E-state index contributed by atoms with van der Waals surface area (Å²) in [5.41, 5.74) is 0.594. The maximum Gasteiger partial charge on any atom is 0.237 e. The Bertz CT molecular complexity index is 367. The van der Waals surface area contributed by atoms with E-state index in [2.05, 4.69) is 39.5 Å². The minimum absolute atomic E-state index is 0.239. The van der Waals surface area contributed by atoms with Gasteiger partial charge in [0.2, 0.25) is 14.9 Å². The molecule has 2 saturated heterocycles. The zero-order chi connectivity index (χ0) is 15.1. The molecule has 0 aromatic carbocycles. The summed E-state index contributed by atoms with van der Waals surface area (Å²) >= 11 is 0. The second-order valence-electron chi connectivity index (χ2n) is 7.64. The molecule has 2 heterocycles. The minimum Gasteiger partial charge on any atom is -0.411 e. The smallest absolute Gasteiger partial charge is 0.237 e. The first-order valence-corrected chi connectivity index (χ1v) is 9.19. The molecule has 20 heavy (non-hydrogen) atoms. The van der Waals surface area contributed by atoms with Gasteiger partial charge in [0.05, 0.1) is 12.6 Å². The molecular weight excluding hydrogens is 268 g/mol. The van der Waals surface area contributed by atoms with Crippen molar-refractivity contribution in [2.45, 2.75) is 63.8 Å². The van der Waals surface area contributed by atoms with Crippen molar-refractivity contribution in [3.05, 3.63) is 0 Å². The molecule has 115 valence electrons. The lowest BCUT2D eigenvalue weighted by Gasteiger charge is -2.34. The summed E-state index contributed by atoms with van der Waals surface area (Å²) < 4.78 is 6.50. The zero-order valence-corrected chi connectivity index (χ0v) is 14.8. The van der Waals surface area contributed by atoms with Crippen LogP contribution in [0.25, 0.3) is 0 Å². The molecule has 4 nitrogen and oxygen atoms in total. The van der Waals surface area contributed by atoms with E-state index >= 15 is 0 Å². The second kappa shape index (κ2) is 5.77. The number of rotatable bonds is 3. The molecule has 2 aliphatic rings. The van der Waals surface area contributed by atoms with E-state index in [0.717, 1.165) is 19.5 Å². The highest BCUT2D eigenvalue weighted by Gasteiger charge is 2.42. The topological polar surface area (TPSA) is 32.8 Å². The fraction of sp³-hybridized carbons (Fsp3) is 0.933. The summed E-state index contributed by atoms with van der Waals surface area (Å²) in [5, 5.41) is 0.239. The van der Waals surface area contributed by atoms with Crippen LogP contribution in [-0.2, 0) is 9.22 Å². The number of amides is 1. The number of likely N-dealkylation sites (N-methyl/N-ethyl adjacent to an activating group) is 1. The fourth-order valence-corrected chi connectivity index (χ4v) is 6.43. The molecule has 2 aliphatic heterocycles. The Hall–Kier alpha value is -0.393. The number of piperazine rings is 1. The predicted octanol–water partition coefficient (Wildman–Crippen LogP) is 2.12. The fourth-order valence-electron chi connectivity index (χ4n) is 3.54. The minimum atomic E-state index is -0.884. The molecule has 0 N–H and O–H groups in total. The van der Waals surface area contributed by atoms with Gasteiger partial charge in [-0.1, -0.05) is 34.6 Å². The molecule has 2 fully saturated rings. The first-order chi connectivity index (χ1) is 9.18. The Kier molecular flexibility index (Phi) is 4.62. The number of carbonyl (C=O) groups is 1. The molecule has 0 aromatic rings. The first-order valence-electron chi connectivity index (χ1n) is 7.70. The highest BCUT2D eigenvalue weighted by Crippen LogP contribution is 2.36. The maximum absolute atomic E-state index is 12.1. The van der Waals surface area contributed by atoms with E-state index in [1.54, 1.807) is 0 Å². The first kappa shape index (κ1) is 16.0. The molecule has 2 atom stereocenters. The lowest BCUT2D eigenvalue weighted by atomic mass is 10.1. The third-order valence-corrected chi connectivity index (χ3v) is 7.30. The van der Waals surface area contributed by atoms with Crippen molar-refractivity contribution in [2.75, 3.05) is 26.7 Å². The summed E-state index contributed by atoms with van der Waals surface area (Å²) in [6.07, 6.45) is 1.25. The molecule has 1 radical (unpaired) electrons. The van der Waals surface area contributed by atoms with Gasteiger partial charge in [0.25, 0.3) is 0 Å². The van der Waals surface area contributed by atoms with Gasteiger partial charge in [0.15, 0.2) is 0 Å². The Morgan fingerprint density at radius 3 is 2.50 bits per heavy atom. The second-order valence-corrected chi connectivity index (χ2v) is 11.3. The summed E-state index contributed by atoms with van der Waals surface area (Å²) in [4.78, 5) is 16.3. The normalized spacial score (nSPS) is 28.6. The van der Waals surface area contributed by atoms with Crippen molar-refractivity contribution in [1.29, 1.82) is 0 Å². The van der Waals surface area contributed by atoms with Crippen LogP contribution in [-0.4, -0.2) is 63.6 Å². The van der Waals surface area contributed by atoms with Crippen LogP contribution in [0, 0.1) is 0 Å². The Morgan fingerprint density at radius 1 is 1.30 bits per heavy atom. The average molecular weight is 297 g/mol. The van der Waals surface area contributed by atoms with Crippen molar-refractivity contribution < 1.29 is 9.22 Å². The summed E-state index contributed by atoms with van der Waals surface area (Å²) in [6, 6.07) is 0.363. The van der Waals surface area contributed by atoms with Crippen LogP contribution in [0.5, 0.6) is 0 Å². The Balaban J connectivity index is 2.00. The van der Waals surface area contributed by atoms with Crippen LogP contribution in [0.2, 0.25) is 10.6 Å². The lowest BCUT2D eigenvalue weighted by molar-refractivity contribution is -0.137. The highest BCUT2D eigenvalue weighted by molar-refractivity contribution is 6.56. The van der Waals surface area contributed by atoms with E-state index in [-0.39, 0.29) is 17.0 Å². The standard InChI is InChI=1S/C15H29N2O2Si/c1-11(2)20(15(3,4)5)19-13-7-12-8-16(6)10-14(18)17(12)9-13/h11-13H,7-10H2,1-6H3/t12-,13-/m1/s1. The van der Waals surface area contributed by atoms with E-state index in [1.165, 1.54) is 0 Å². The Labute approximate surface area is 125 Å². The van der Waals surface area contributed by atoms with Gasteiger partial charge >= 0.3 is 0 Å². The SMILES string of the molecule is CC(C)[Si](O[C@@H]1C[C@@H]2CN(C)CC(=O)N2C1)C(C)(C)C. The predicted molar refractivity (Wildman–Crippen MR) is 83.1 cm³/mol. The number of hydrogen-bond acceptors (Lipinski definition) is 3. The van der Waals surface area contributed by atoms with E-state index in [9.17, 15) is 4.79 Å². The number of carbonyl (C=O) groups excluding carboxylic acids is 1. The summed E-state index contributed by atoms with van der Waals surface area (Å²) in [5.74, 6) is 0.268. The lowest BCUT2D eigenvalue weighted by Crippen LogP contribution is -2.52. The van der Waals surface area contributed by atoms with E-state index < -0.39 is 9.04 Å².